The molecule has 0 amide bonds. The van der Waals surface area contributed by atoms with Gasteiger partial charge in [-0.3, -0.25) is 0 Å². The van der Waals surface area contributed by atoms with Crippen molar-refractivity contribution in [3.63, 3.8) is 0 Å². The van der Waals surface area contributed by atoms with Crippen LogP contribution in [-0.4, -0.2) is 0 Å². The molecule has 9 aromatic carbocycles. The largest absolute Gasteiger partial charge is 0.314 e. The van der Waals surface area contributed by atoms with Crippen LogP contribution in [0.4, 0.5) is 28.4 Å². The first-order chi connectivity index (χ1) is 31.1. The number of para-hydroxylation sites is 2. The van der Waals surface area contributed by atoms with E-state index in [0.717, 1.165) is 34.9 Å². The summed E-state index contributed by atoms with van der Waals surface area (Å²) in [5.74, 6) is 0. The molecule has 0 atom stereocenters. The van der Waals surface area contributed by atoms with Gasteiger partial charge in [-0.05, 0) is 124 Å². The molecule has 0 saturated carbocycles. The summed E-state index contributed by atoms with van der Waals surface area (Å²) in [6.45, 7) is 4.52. The number of hydrogen-bond acceptors (Lipinski definition) is 2. The Morgan fingerprint density at radius 1 is 0.365 bits per heavy atom. The van der Waals surface area contributed by atoms with Crippen molar-refractivity contribution in [1.29, 1.82) is 0 Å². The van der Waals surface area contributed by atoms with E-state index in [9.17, 15) is 0 Å². The van der Waals surface area contributed by atoms with Gasteiger partial charge in [0.2, 0.25) is 0 Å². The van der Waals surface area contributed by atoms with Gasteiger partial charge in [0.1, 0.15) is 0 Å². The molecule has 0 N–H and O–H groups in total. The highest BCUT2D eigenvalue weighted by Gasteiger charge is 2.19. The number of hydrogen-bond donors (Lipinski definition) is 0. The SMILES string of the molecule is CC/C(=C\C(=C(/C)c1ccc(N(c2ccccc2)c2ccccc2-c2ccccc2)cc1)c1ccccc1)N(c1ccc(-c2ccccc2)cc1)c1ccc(-c2ccccc2)cc1. The molecule has 0 aromatic heterocycles. The zero-order valence-electron chi connectivity index (χ0n) is 35.9. The number of rotatable bonds is 13. The molecular weight excluding hydrogens is 761 g/mol. The van der Waals surface area contributed by atoms with Gasteiger partial charge in [-0.1, -0.05) is 201 Å². The minimum absolute atomic E-state index is 0.816. The van der Waals surface area contributed by atoms with E-state index in [1.54, 1.807) is 0 Å². The minimum atomic E-state index is 0.816. The van der Waals surface area contributed by atoms with Crippen molar-refractivity contribution in [2.24, 2.45) is 0 Å². The lowest BCUT2D eigenvalue weighted by Crippen LogP contribution is -2.16. The molecule has 63 heavy (non-hydrogen) atoms. The van der Waals surface area contributed by atoms with Gasteiger partial charge in [-0.15, -0.1) is 0 Å². The number of allylic oxidation sites excluding steroid dienone is 4. The molecule has 9 rings (SSSR count). The zero-order chi connectivity index (χ0) is 42.8. The van der Waals surface area contributed by atoms with Gasteiger partial charge in [0.05, 0.1) is 5.69 Å². The van der Waals surface area contributed by atoms with Crippen LogP contribution in [0, 0.1) is 0 Å². The van der Waals surface area contributed by atoms with Crippen LogP contribution in [0.3, 0.4) is 0 Å². The maximum atomic E-state index is 2.42. The summed E-state index contributed by atoms with van der Waals surface area (Å²) in [6, 6.07) is 89.0. The lowest BCUT2D eigenvalue weighted by molar-refractivity contribution is 1.01. The third kappa shape index (κ3) is 9.08. The second kappa shape index (κ2) is 19.2. The summed E-state index contributed by atoms with van der Waals surface area (Å²) in [6.07, 6.45) is 3.22. The summed E-state index contributed by atoms with van der Waals surface area (Å²) in [7, 11) is 0. The highest BCUT2D eigenvalue weighted by atomic mass is 15.2. The van der Waals surface area contributed by atoms with Gasteiger partial charge in [0, 0.05) is 34.0 Å². The van der Waals surface area contributed by atoms with E-state index in [2.05, 4.69) is 278 Å². The predicted molar refractivity (Wildman–Crippen MR) is 270 cm³/mol. The Morgan fingerprint density at radius 3 is 1.27 bits per heavy atom. The summed E-state index contributed by atoms with van der Waals surface area (Å²) >= 11 is 0. The molecule has 0 fully saturated rings. The molecule has 0 aliphatic rings. The molecule has 0 saturated heterocycles. The van der Waals surface area contributed by atoms with Gasteiger partial charge >= 0.3 is 0 Å². The van der Waals surface area contributed by atoms with E-state index in [1.807, 2.05) is 0 Å². The van der Waals surface area contributed by atoms with Crippen molar-refractivity contribution in [3.8, 4) is 33.4 Å². The van der Waals surface area contributed by atoms with Crippen molar-refractivity contribution in [2.75, 3.05) is 9.80 Å². The van der Waals surface area contributed by atoms with Gasteiger partial charge < -0.3 is 9.80 Å². The first kappa shape index (κ1) is 40.5. The zero-order valence-corrected chi connectivity index (χ0v) is 35.9. The van der Waals surface area contributed by atoms with E-state index in [4.69, 9.17) is 0 Å². The predicted octanol–water partition coefficient (Wildman–Crippen LogP) is 17.2. The number of anilines is 5. The standard InChI is InChI=1S/C61H50N2/c1-3-54(62(56-41-35-50(36-42-56)48-21-9-4-10-22-48)57-43-37-51(38-44-57)49-23-11-5-12-24-49)45-60(53-27-15-7-16-28-53)46(2)47-33-39-58(40-34-47)63(55-29-17-8-18-30-55)61-32-20-19-31-59(61)52-25-13-6-14-26-52/h4-45H,3H2,1-2H3/b54-45+,60-46-. The molecule has 0 unspecified atom stereocenters. The fraction of sp³-hybridized carbons (Fsp3) is 0.0492. The van der Waals surface area contributed by atoms with E-state index in [1.165, 1.54) is 61.4 Å². The fourth-order valence-corrected chi connectivity index (χ4v) is 8.42. The molecular formula is C61H50N2. The minimum Gasteiger partial charge on any atom is -0.314 e. The molecule has 0 heterocycles. The van der Waals surface area contributed by atoms with Gasteiger partial charge in [0.25, 0.3) is 0 Å². The van der Waals surface area contributed by atoms with Gasteiger partial charge in [0.15, 0.2) is 0 Å². The average Bonchev–Trinajstić information content (AvgIpc) is 3.37. The van der Waals surface area contributed by atoms with E-state index >= 15 is 0 Å². The fourth-order valence-electron chi connectivity index (χ4n) is 8.42. The second-order valence-corrected chi connectivity index (χ2v) is 15.7. The van der Waals surface area contributed by atoms with Crippen LogP contribution in [0.2, 0.25) is 0 Å². The third-order valence-corrected chi connectivity index (χ3v) is 11.7. The van der Waals surface area contributed by atoms with Crippen LogP contribution in [0.15, 0.2) is 260 Å². The topological polar surface area (TPSA) is 6.48 Å². The molecule has 0 spiro atoms. The van der Waals surface area contributed by atoms with Crippen LogP contribution in [0.5, 0.6) is 0 Å². The Labute approximate surface area is 373 Å². The molecule has 0 aliphatic carbocycles. The van der Waals surface area contributed by atoms with Crippen molar-refractivity contribution >= 4 is 39.6 Å². The van der Waals surface area contributed by atoms with Crippen molar-refractivity contribution in [3.05, 3.63) is 272 Å². The maximum Gasteiger partial charge on any atom is 0.0540 e. The van der Waals surface area contributed by atoms with E-state index in [0.29, 0.717) is 0 Å². The maximum absolute atomic E-state index is 2.42. The Hall–Kier alpha value is -7.94. The highest BCUT2D eigenvalue weighted by Crippen LogP contribution is 2.42. The first-order valence-corrected chi connectivity index (χ1v) is 21.8. The monoisotopic (exact) mass is 810 g/mol. The van der Waals surface area contributed by atoms with Gasteiger partial charge in [-0.25, -0.2) is 0 Å². The molecule has 9 aromatic rings. The van der Waals surface area contributed by atoms with Crippen molar-refractivity contribution in [2.45, 2.75) is 20.3 Å². The Kier molecular flexibility index (Phi) is 12.3. The Balaban J connectivity index is 1.15. The quantitative estimate of drug-likeness (QED) is 0.0845. The Bertz CT molecular complexity index is 2840. The Morgan fingerprint density at radius 2 is 0.762 bits per heavy atom. The average molecular weight is 811 g/mol. The molecule has 0 bridgehead atoms. The summed E-state index contributed by atoms with van der Waals surface area (Å²) in [5.41, 5.74) is 18.6. The summed E-state index contributed by atoms with van der Waals surface area (Å²) < 4.78 is 0. The van der Waals surface area contributed by atoms with Crippen LogP contribution >= 0.6 is 0 Å². The molecule has 2 heteroatoms. The van der Waals surface area contributed by atoms with Crippen LogP contribution in [0.1, 0.15) is 31.4 Å². The van der Waals surface area contributed by atoms with Crippen molar-refractivity contribution in [1.82, 2.24) is 0 Å². The van der Waals surface area contributed by atoms with Gasteiger partial charge in [-0.2, -0.15) is 0 Å². The first-order valence-electron chi connectivity index (χ1n) is 21.8. The summed E-state index contributed by atoms with van der Waals surface area (Å²) in [4.78, 5) is 4.78. The van der Waals surface area contributed by atoms with E-state index < -0.39 is 0 Å². The van der Waals surface area contributed by atoms with Crippen LogP contribution in [0.25, 0.3) is 44.5 Å². The second-order valence-electron chi connectivity index (χ2n) is 15.7. The molecule has 304 valence electrons. The number of nitrogens with zero attached hydrogens (tertiary/aromatic N) is 2. The third-order valence-electron chi connectivity index (χ3n) is 11.7. The highest BCUT2D eigenvalue weighted by molar-refractivity contribution is 5.96. The number of benzene rings is 9. The van der Waals surface area contributed by atoms with Crippen molar-refractivity contribution < 1.29 is 0 Å². The molecule has 2 nitrogen and oxygen atoms in total. The lowest BCUT2D eigenvalue weighted by atomic mass is 9.94. The normalized spacial score (nSPS) is 11.7. The van der Waals surface area contributed by atoms with E-state index in [-0.39, 0.29) is 0 Å². The van der Waals surface area contributed by atoms with Crippen LogP contribution < -0.4 is 9.80 Å². The molecule has 0 radical (unpaired) electrons. The lowest BCUT2D eigenvalue weighted by Gasteiger charge is -2.29. The smallest absolute Gasteiger partial charge is 0.0540 e. The van der Waals surface area contributed by atoms with Crippen LogP contribution in [-0.2, 0) is 0 Å². The summed E-state index contributed by atoms with van der Waals surface area (Å²) in [5, 5.41) is 0. The molecule has 0 aliphatic heterocycles.